The summed E-state index contributed by atoms with van der Waals surface area (Å²) in [5.74, 6) is 0. The summed E-state index contributed by atoms with van der Waals surface area (Å²) in [4.78, 5) is 7.71. The molecule has 390 valence electrons. The van der Waals surface area contributed by atoms with Crippen molar-refractivity contribution in [1.29, 1.82) is 0 Å². The Labute approximate surface area is 471 Å². The zero-order valence-corrected chi connectivity index (χ0v) is 48.4. The lowest BCUT2D eigenvalue weighted by molar-refractivity contribution is 0.332. The number of fused-ring (bicyclic) bond motifs is 10. The summed E-state index contributed by atoms with van der Waals surface area (Å²) in [6.07, 6.45) is 2.33. The van der Waals surface area contributed by atoms with E-state index >= 15 is 0 Å². The third-order valence-corrected chi connectivity index (χ3v) is 19.1. The Hall–Kier alpha value is -7.80. The minimum absolute atomic E-state index is 0.00241. The average Bonchev–Trinajstić information content (AvgIpc) is 3.12. The number of nitrogens with zero attached hydrogens (tertiary/aromatic N) is 3. The van der Waals surface area contributed by atoms with Crippen LogP contribution in [0.3, 0.4) is 0 Å². The van der Waals surface area contributed by atoms with Crippen LogP contribution in [-0.4, -0.2) is 6.71 Å². The van der Waals surface area contributed by atoms with Gasteiger partial charge in [0.2, 0.25) is 0 Å². The van der Waals surface area contributed by atoms with Gasteiger partial charge in [-0.1, -0.05) is 178 Å². The van der Waals surface area contributed by atoms with Crippen LogP contribution in [0, 0.1) is 6.92 Å². The highest BCUT2D eigenvalue weighted by atomic mass is 32.1. The zero-order chi connectivity index (χ0) is 54.5. The molecule has 6 heteroatoms. The first kappa shape index (κ1) is 49.5. The first-order chi connectivity index (χ1) is 37.8. The van der Waals surface area contributed by atoms with Gasteiger partial charge >= 0.3 is 0 Å². The van der Waals surface area contributed by atoms with Gasteiger partial charge in [0.15, 0.2) is 5.58 Å². The summed E-state index contributed by atoms with van der Waals surface area (Å²) >= 11 is 1.97. The quantitative estimate of drug-likeness (QED) is 0.155. The predicted octanol–water partition coefficient (Wildman–Crippen LogP) is 19.3. The molecule has 4 heterocycles. The van der Waals surface area contributed by atoms with E-state index in [0.29, 0.717) is 0 Å². The molecule has 0 atom stereocenters. The number of thiophene rings is 1. The number of anilines is 9. The number of aryl methyl sites for hydroxylation is 1. The maximum absolute atomic E-state index is 7.07. The van der Waals surface area contributed by atoms with E-state index in [-0.39, 0.29) is 28.4 Å². The van der Waals surface area contributed by atoms with Gasteiger partial charge in [0.25, 0.3) is 6.71 Å². The minimum atomic E-state index is -0.0633. The van der Waals surface area contributed by atoms with Crippen LogP contribution >= 0.6 is 11.3 Å². The Morgan fingerprint density at radius 3 is 1.95 bits per heavy atom. The van der Waals surface area contributed by atoms with Gasteiger partial charge in [0.05, 0.1) is 17.1 Å². The van der Waals surface area contributed by atoms with Gasteiger partial charge in [-0.15, -0.1) is 11.3 Å². The summed E-state index contributed by atoms with van der Waals surface area (Å²) < 4.78 is 9.75. The molecular formula is C73H68BN3OS. The van der Waals surface area contributed by atoms with Crippen molar-refractivity contribution < 1.29 is 4.42 Å². The zero-order valence-electron chi connectivity index (χ0n) is 47.5. The van der Waals surface area contributed by atoms with Gasteiger partial charge in [-0.25, -0.2) is 0 Å². The molecule has 4 nitrogen and oxygen atoms in total. The number of para-hydroxylation sites is 3. The highest BCUT2D eigenvalue weighted by molar-refractivity contribution is 7.33. The van der Waals surface area contributed by atoms with E-state index in [0.717, 1.165) is 56.8 Å². The molecular weight excluding hydrogens is 978 g/mol. The van der Waals surface area contributed by atoms with Crippen molar-refractivity contribution in [3.05, 3.63) is 216 Å². The van der Waals surface area contributed by atoms with Crippen molar-refractivity contribution in [2.75, 3.05) is 14.7 Å². The van der Waals surface area contributed by atoms with Crippen molar-refractivity contribution in [3.8, 4) is 11.1 Å². The molecule has 0 spiro atoms. The van der Waals surface area contributed by atoms with E-state index in [2.05, 4.69) is 279 Å². The van der Waals surface area contributed by atoms with E-state index in [9.17, 15) is 0 Å². The van der Waals surface area contributed by atoms with Crippen molar-refractivity contribution in [2.24, 2.45) is 0 Å². The van der Waals surface area contributed by atoms with E-state index < -0.39 is 0 Å². The summed E-state index contributed by atoms with van der Waals surface area (Å²) in [6.45, 7) is 25.9. The topological polar surface area (TPSA) is 22.9 Å². The van der Waals surface area contributed by atoms with Crippen LogP contribution in [0.2, 0.25) is 0 Å². The van der Waals surface area contributed by atoms with Crippen LogP contribution in [0.25, 0.3) is 43.2 Å². The van der Waals surface area contributed by atoms with Crippen LogP contribution in [0.4, 0.5) is 51.2 Å². The Morgan fingerprint density at radius 2 is 1.19 bits per heavy atom. The molecule has 9 aromatic carbocycles. The van der Waals surface area contributed by atoms with Gasteiger partial charge in [-0.05, 0) is 165 Å². The Bertz CT molecular complexity index is 4260. The molecule has 0 saturated carbocycles. The second kappa shape index (κ2) is 17.6. The molecule has 0 saturated heterocycles. The molecule has 11 aromatic rings. The van der Waals surface area contributed by atoms with E-state index in [1.165, 1.54) is 93.9 Å². The fourth-order valence-electron chi connectivity index (χ4n) is 13.4. The van der Waals surface area contributed by atoms with Gasteiger partial charge < -0.3 is 19.1 Å². The highest BCUT2D eigenvalue weighted by Gasteiger charge is 2.47. The molecule has 0 radical (unpaired) electrons. The smallest absolute Gasteiger partial charge is 0.264 e. The second-order valence-corrected chi connectivity index (χ2v) is 27.2. The normalized spacial score (nSPS) is 15.3. The second-order valence-electron chi connectivity index (χ2n) is 26.1. The molecule has 0 fully saturated rings. The predicted molar refractivity (Wildman–Crippen MR) is 341 cm³/mol. The molecule has 3 aliphatic rings. The SMILES string of the molecule is Cc1cc2c3c(c1)N(c1cccc4c1oc1ccccc14)c1cc(N(c4ccc(C(C)(C)C)cc4)c4ccccc4-c4ccccc4)ccc1B3c1sc3ccc(C(C)(C)C)cc3c1N2c1ccc2c(c1)C(C)(C)CCC2(C)C. The maximum Gasteiger partial charge on any atom is 0.264 e. The van der Waals surface area contributed by atoms with Gasteiger partial charge in [0.1, 0.15) is 5.58 Å². The van der Waals surface area contributed by atoms with Crippen molar-refractivity contribution >= 4 is 117 Å². The first-order valence-electron chi connectivity index (χ1n) is 28.4. The lowest BCUT2D eigenvalue weighted by Gasteiger charge is -2.45. The number of rotatable bonds is 6. The fourth-order valence-corrected chi connectivity index (χ4v) is 14.7. The maximum atomic E-state index is 7.07. The summed E-state index contributed by atoms with van der Waals surface area (Å²) in [7, 11) is 0. The monoisotopic (exact) mass is 1050 g/mol. The summed E-state index contributed by atoms with van der Waals surface area (Å²) in [5, 5.41) is 3.54. The lowest BCUT2D eigenvalue weighted by atomic mass is 9.36. The van der Waals surface area contributed by atoms with Gasteiger partial charge in [-0.3, -0.25) is 0 Å². The van der Waals surface area contributed by atoms with Crippen molar-refractivity contribution in [3.63, 3.8) is 0 Å². The number of hydrogen-bond donors (Lipinski definition) is 0. The van der Waals surface area contributed by atoms with E-state index in [1.807, 2.05) is 11.3 Å². The highest BCUT2D eigenvalue weighted by Crippen LogP contribution is 2.54. The Morgan fingerprint density at radius 1 is 0.532 bits per heavy atom. The molecule has 79 heavy (non-hydrogen) atoms. The molecule has 0 unspecified atom stereocenters. The van der Waals surface area contributed by atoms with Crippen LogP contribution < -0.4 is 30.4 Å². The van der Waals surface area contributed by atoms with Crippen molar-refractivity contribution in [2.45, 2.75) is 111 Å². The largest absolute Gasteiger partial charge is 0.454 e. The Balaban J connectivity index is 1.08. The molecule has 2 aromatic heterocycles. The standard InChI is InChI=1S/C73H68BN3OS/c1-45-40-62-66-63(41-45)77(60-26-19-24-54-53-23-16-18-27-64(53)78-68(54)60)61-44-51(75(49-31-28-47(29-32-49)70(2,3)4)59-25-17-15-22-52(59)46-20-13-12-14-21-46)34-36-58(61)74(66)69-67(55-42-48(71(5,6)7)30-37-65(55)79-69)76(62)50-33-35-56-57(43-50)73(10,11)39-38-72(56,8)9/h12-37,40-44H,38-39H2,1-11H3. The van der Waals surface area contributed by atoms with Gasteiger partial charge in [0, 0.05) is 65.3 Å². The summed E-state index contributed by atoms with van der Waals surface area (Å²) in [6, 6.07) is 71.2. The summed E-state index contributed by atoms with van der Waals surface area (Å²) in [5.41, 5.74) is 23.9. The third-order valence-electron chi connectivity index (χ3n) is 17.9. The number of benzene rings is 9. The molecule has 0 N–H and O–H groups in total. The average molecular weight is 1050 g/mol. The van der Waals surface area contributed by atoms with E-state index in [4.69, 9.17) is 4.42 Å². The first-order valence-corrected chi connectivity index (χ1v) is 29.2. The molecule has 14 rings (SSSR count). The van der Waals surface area contributed by atoms with Crippen molar-refractivity contribution in [1.82, 2.24) is 0 Å². The molecule has 2 aliphatic heterocycles. The van der Waals surface area contributed by atoms with Gasteiger partial charge in [-0.2, -0.15) is 0 Å². The fraction of sp³-hybridized carbons (Fsp3) is 0.233. The third kappa shape index (κ3) is 7.83. The molecule has 0 amide bonds. The van der Waals surface area contributed by atoms with E-state index in [1.54, 1.807) is 0 Å². The molecule has 1 aliphatic carbocycles. The van der Waals surface area contributed by atoms with Crippen LogP contribution in [0.1, 0.15) is 110 Å². The lowest BCUT2D eigenvalue weighted by Crippen LogP contribution is -2.60. The minimum Gasteiger partial charge on any atom is -0.454 e. The van der Waals surface area contributed by atoms with Crippen LogP contribution in [-0.2, 0) is 21.7 Å². The van der Waals surface area contributed by atoms with Crippen LogP contribution in [0.5, 0.6) is 0 Å². The molecule has 0 bridgehead atoms. The number of furan rings is 1. The Kier molecular flexibility index (Phi) is 11.0. The number of hydrogen-bond acceptors (Lipinski definition) is 5. The van der Waals surface area contributed by atoms with Crippen LogP contribution in [0.15, 0.2) is 192 Å².